The molecule has 0 saturated carbocycles. The number of halogens is 1. The highest BCUT2D eigenvalue weighted by atomic mass is 35.5. The Labute approximate surface area is 129 Å². The smallest absolute Gasteiger partial charge is 0.216 e. The van der Waals surface area contributed by atoms with E-state index in [0.29, 0.717) is 17.8 Å². The number of amides is 1. The zero-order valence-electron chi connectivity index (χ0n) is 12.1. The molecular weight excluding hydrogens is 294 g/mol. The molecule has 0 radical (unpaired) electrons. The van der Waals surface area contributed by atoms with Crippen molar-refractivity contribution in [1.82, 2.24) is 15.2 Å². The molecule has 1 saturated heterocycles. The fraction of sp³-hybridized carbons (Fsp3) is 0.714. The molecular formula is C14H22ClN3OS. The number of likely N-dealkylation sites (tertiary alicyclic amines) is 1. The van der Waals surface area contributed by atoms with Crippen molar-refractivity contribution in [2.75, 3.05) is 19.6 Å². The van der Waals surface area contributed by atoms with Gasteiger partial charge in [-0.15, -0.1) is 22.9 Å². The van der Waals surface area contributed by atoms with Gasteiger partial charge in [0.05, 0.1) is 17.6 Å². The molecule has 2 heterocycles. The zero-order valence-corrected chi connectivity index (χ0v) is 13.6. The van der Waals surface area contributed by atoms with Crippen molar-refractivity contribution in [3.63, 3.8) is 0 Å². The van der Waals surface area contributed by atoms with Crippen LogP contribution in [0.3, 0.4) is 0 Å². The number of alkyl halides is 1. The van der Waals surface area contributed by atoms with Crippen molar-refractivity contribution in [3.05, 3.63) is 16.1 Å². The molecule has 4 nitrogen and oxygen atoms in total. The van der Waals surface area contributed by atoms with Gasteiger partial charge in [0.1, 0.15) is 5.01 Å². The van der Waals surface area contributed by atoms with E-state index in [1.165, 1.54) is 0 Å². The molecule has 0 aromatic carbocycles. The molecule has 1 aliphatic rings. The van der Waals surface area contributed by atoms with Crippen LogP contribution >= 0.6 is 22.9 Å². The van der Waals surface area contributed by atoms with Gasteiger partial charge in [0, 0.05) is 18.8 Å². The minimum Gasteiger partial charge on any atom is -0.356 e. The number of carbonyl (C=O) groups is 1. The SMILES string of the molecule is CC(=O)NCC1CCN(C(C)c2nc(CCl)cs2)CC1. The predicted molar refractivity (Wildman–Crippen MR) is 83.1 cm³/mol. The van der Waals surface area contributed by atoms with E-state index in [1.807, 2.05) is 5.38 Å². The number of piperidine rings is 1. The minimum absolute atomic E-state index is 0.0668. The van der Waals surface area contributed by atoms with Gasteiger partial charge in [0.15, 0.2) is 0 Å². The largest absolute Gasteiger partial charge is 0.356 e. The maximum Gasteiger partial charge on any atom is 0.216 e. The fourth-order valence-electron chi connectivity index (χ4n) is 2.56. The van der Waals surface area contributed by atoms with Gasteiger partial charge in [0.25, 0.3) is 0 Å². The number of hydrogen-bond donors (Lipinski definition) is 1. The van der Waals surface area contributed by atoms with Crippen molar-refractivity contribution in [1.29, 1.82) is 0 Å². The number of nitrogens with one attached hydrogen (secondary N) is 1. The lowest BCUT2D eigenvalue weighted by Gasteiger charge is -2.35. The van der Waals surface area contributed by atoms with Crippen LogP contribution in [0.5, 0.6) is 0 Å². The molecule has 0 bridgehead atoms. The Balaban J connectivity index is 1.82. The van der Waals surface area contributed by atoms with Gasteiger partial charge >= 0.3 is 0 Å². The Morgan fingerprint density at radius 3 is 2.85 bits per heavy atom. The van der Waals surface area contributed by atoms with Gasteiger partial charge in [-0.1, -0.05) is 0 Å². The lowest BCUT2D eigenvalue weighted by atomic mass is 9.96. The van der Waals surface area contributed by atoms with Crippen LogP contribution in [-0.4, -0.2) is 35.4 Å². The van der Waals surface area contributed by atoms with E-state index < -0.39 is 0 Å². The van der Waals surface area contributed by atoms with E-state index in [0.717, 1.165) is 43.2 Å². The molecule has 0 aliphatic carbocycles. The highest BCUT2D eigenvalue weighted by Gasteiger charge is 2.25. The summed E-state index contributed by atoms with van der Waals surface area (Å²) in [5, 5.41) is 6.12. The van der Waals surface area contributed by atoms with Crippen LogP contribution in [-0.2, 0) is 10.7 Å². The number of hydrogen-bond acceptors (Lipinski definition) is 4. The molecule has 112 valence electrons. The summed E-state index contributed by atoms with van der Waals surface area (Å²) < 4.78 is 0. The number of nitrogens with zero attached hydrogens (tertiary/aromatic N) is 2. The molecule has 1 N–H and O–H groups in total. The van der Waals surface area contributed by atoms with Gasteiger partial charge in [-0.05, 0) is 38.8 Å². The van der Waals surface area contributed by atoms with Crippen molar-refractivity contribution < 1.29 is 4.79 Å². The summed E-state index contributed by atoms with van der Waals surface area (Å²) in [6.45, 7) is 6.74. The normalized spacial score (nSPS) is 18.9. The van der Waals surface area contributed by atoms with E-state index in [2.05, 4.69) is 22.1 Å². The molecule has 1 amide bonds. The lowest BCUT2D eigenvalue weighted by molar-refractivity contribution is -0.119. The summed E-state index contributed by atoms with van der Waals surface area (Å²) in [6, 6.07) is 0.360. The van der Waals surface area contributed by atoms with Crippen molar-refractivity contribution in [2.24, 2.45) is 5.92 Å². The molecule has 1 aromatic heterocycles. The third-order valence-corrected chi connectivity index (χ3v) is 5.24. The molecule has 1 unspecified atom stereocenters. The first kappa shape index (κ1) is 15.7. The first-order valence-corrected chi connectivity index (χ1v) is 8.50. The maximum absolute atomic E-state index is 10.9. The van der Waals surface area contributed by atoms with E-state index in [4.69, 9.17) is 11.6 Å². The van der Waals surface area contributed by atoms with Crippen LogP contribution in [0, 0.1) is 5.92 Å². The van der Waals surface area contributed by atoms with Crippen LogP contribution in [0.4, 0.5) is 0 Å². The van der Waals surface area contributed by atoms with E-state index in [1.54, 1.807) is 18.3 Å². The van der Waals surface area contributed by atoms with Gasteiger partial charge < -0.3 is 5.32 Å². The first-order chi connectivity index (χ1) is 9.60. The number of rotatable bonds is 5. The first-order valence-electron chi connectivity index (χ1n) is 7.09. The second kappa shape index (κ2) is 7.38. The number of aromatic nitrogens is 1. The second-order valence-electron chi connectivity index (χ2n) is 5.40. The van der Waals surface area contributed by atoms with Crippen LogP contribution in [0.1, 0.15) is 43.4 Å². The molecule has 1 fully saturated rings. The Morgan fingerprint density at radius 1 is 1.60 bits per heavy atom. The monoisotopic (exact) mass is 315 g/mol. The maximum atomic E-state index is 10.9. The predicted octanol–water partition coefficient (Wildman–Crippen LogP) is 2.79. The van der Waals surface area contributed by atoms with Crippen molar-refractivity contribution >= 4 is 28.8 Å². The summed E-state index contributed by atoms with van der Waals surface area (Å²) in [5.41, 5.74) is 0.971. The Hall–Kier alpha value is -0.650. The highest BCUT2D eigenvalue weighted by molar-refractivity contribution is 7.09. The summed E-state index contributed by atoms with van der Waals surface area (Å²) in [6.07, 6.45) is 2.27. The third kappa shape index (κ3) is 4.17. The molecule has 0 spiro atoms. The quantitative estimate of drug-likeness (QED) is 0.850. The van der Waals surface area contributed by atoms with Crippen LogP contribution in [0.25, 0.3) is 0 Å². The van der Waals surface area contributed by atoms with Crippen LogP contribution in [0.2, 0.25) is 0 Å². The average molecular weight is 316 g/mol. The topological polar surface area (TPSA) is 45.2 Å². The lowest BCUT2D eigenvalue weighted by Crippen LogP contribution is -2.39. The molecule has 1 atom stereocenters. The third-order valence-electron chi connectivity index (χ3n) is 3.90. The van der Waals surface area contributed by atoms with E-state index in [-0.39, 0.29) is 5.91 Å². The summed E-state index contributed by atoms with van der Waals surface area (Å²) in [7, 11) is 0. The minimum atomic E-state index is 0.0668. The summed E-state index contributed by atoms with van der Waals surface area (Å²) >= 11 is 7.50. The highest BCUT2D eigenvalue weighted by Crippen LogP contribution is 2.28. The van der Waals surface area contributed by atoms with Gasteiger partial charge in [-0.25, -0.2) is 4.98 Å². The molecule has 1 aromatic rings. The Kier molecular flexibility index (Phi) is 5.81. The summed E-state index contributed by atoms with van der Waals surface area (Å²) in [5.74, 6) is 1.16. The molecule has 20 heavy (non-hydrogen) atoms. The molecule has 6 heteroatoms. The number of carbonyl (C=O) groups excluding carboxylic acids is 1. The van der Waals surface area contributed by atoms with Crippen molar-refractivity contribution in [2.45, 2.75) is 38.6 Å². The van der Waals surface area contributed by atoms with Crippen LogP contribution < -0.4 is 5.32 Å². The van der Waals surface area contributed by atoms with E-state index >= 15 is 0 Å². The Morgan fingerprint density at radius 2 is 2.30 bits per heavy atom. The van der Waals surface area contributed by atoms with Crippen LogP contribution in [0.15, 0.2) is 5.38 Å². The van der Waals surface area contributed by atoms with Gasteiger partial charge in [0.2, 0.25) is 5.91 Å². The summed E-state index contributed by atoms with van der Waals surface area (Å²) in [4.78, 5) is 18.0. The average Bonchev–Trinajstić information content (AvgIpc) is 2.94. The Bertz CT molecular complexity index is 443. The van der Waals surface area contributed by atoms with Gasteiger partial charge in [-0.2, -0.15) is 0 Å². The molecule has 2 rings (SSSR count). The molecule has 1 aliphatic heterocycles. The zero-order chi connectivity index (χ0) is 14.5. The van der Waals surface area contributed by atoms with E-state index in [9.17, 15) is 4.79 Å². The fourth-order valence-corrected chi connectivity index (χ4v) is 3.70. The second-order valence-corrected chi connectivity index (χ2v) is 6.56. The standard InChI is InChI=1S/C14H22ClN3OS/c1-10(14-17-13(7-15)9-20-14)18-5-3-12(4-6-18)8-16-11(2)19/h9-10,12H,3-8H2,1-2H3,(H,16,19). The van der Waals surface area contributed by atoms with Crippen molar-refractivity contribution in [3.8, 4) is 0 Å². The van der Waals surface area contributed by atoms with Gasteiger partial charge in [-0.3, -0.25) is 9.69 Å². The number of thiazole rings is 1.